The van der Waals surface area contributed by atoms with Crippen molar-refractivity contribution in [2.75, 3.05) is 19.0 Å². The van der Waals surface area contributed by atoms with Crippen LogP contribution in [0.5, 0.6) is 11.5 Å². The molecule has 10 heteroatoms. The molecule has 1 N–H and O–H groups in total. The first-order valence-electron chi connectivity index (χ1n) is 12.1. The zero-order chi connectivity index (χ0) is 28.2. The molecule has 4 aromatic rings. The van der Waals surface area contributed by atoms with Crippen LogP contribution in [0.4, 0.5) is 10.5 Å². The second-order valence-electron chi connectivity index (χ2n) is 8.78. The summed E-state index contributed by atoms with van der Waals surface area (Å²) in [4.78, 5) is 39.8. The smallest absolute Gasteiger partial charge is 0.294 e. The summed E-state index contributed by atoms with van der Waals surface area (Å²) in [5.74, 6) is -0.0910. The highest BCUT2D eigenvalue weighted by Crippen LogP contribution is 2.37. The molecule has 1 fully saturated rings. The van der Waals surface area contributed by atoms with E-state index >= 15 is 0 Å². The first-order chi connectivity index (χ1) is 19.3. The summed E-state index contributed by atoms with van der Waals surface area (Å²) in [6, 6.07) is 23.5. The van der Waals surface area contributed by atoms with Gasteiger partial charge in [0.15, 0.2) is 0 Å². The number of methoxy groups -OCH3 is 1. The van der Waals surface area contributed by atoms with Crippen LogP contribution in [0.3, 0.4) is 0 Å². The van der Waals surface area contributed by atoms with Crippen molar-refractivity contribution < 1.29 is 23.9 Å². The van der Waals surface area contributed by atoms with Crippen LogP contribution in [0.15, 0.2) is 83.8 Å². The standard InChI is InChI=1S/C30H22Cl2N2O5S/c1-38-26-13-11-21(14-24(26)32)33-28(35)16-34-29(36)27(40-30(34)37)15-23-22-5-3-2-4-19(22)8-12-25(23)39-17-18-6-9-20(31)10-7-18/h2-15H,16-17H2,1H3,(H,33,35)/b27-15+. The molecule has 0 spiro atoms. The normalized spacial score (nSPS) is 14.2. The fourth-order valence-electron chi connectivity index (χ4n) is 4.15. The predicted molar refractivity (Wildman–Crippen MR) is 159 cm³/mol. The lowest BCUT2D eigenvalue weighted by Gasteiger charge is -2.14. The molecule has 0 saturated carbocycles. The number of hydrogen-bond donors (Lipinski definition) is 1. The number of thioether (sulfide) groups is 1. The number of nitrogens with zero attached hydrogens (tertiary/aromatic N) is 1. The van der Waals surface area contributed by atoms with Gasteiger partial charge in [-0.2, -0.15) is 0 Å². The molecule has 4 aromatic carbocycles. The largest absolute Gasteiger partial charge is 0.495 e. The van der Waals surface area contributed by atoms with Gasteiger partial charge in [0.2, 0.25) is 5.91 Å². The fraction of sp³-hybridized carbons (Fsp3) is 0.100. The van der Waals surface area contributed by atoms with Gasteiger partial charge in [0.05, 0.1) is 17.0 Å². The molecule has 40 heavy (non-hydrogen) atoms. The molecule has 0 atom stereocenters. The third-order valence-electron chi connectivity index (χ3n) is 6.12. The molecule has 0 bridgehead atoms. The zero-order valence-electron chi connectivity index (χ0n) is 21.1. The molecule has 1 saturated heterocycles. The maximum absolute atomic E-state index is 13.2. The molecule has 7 nitrogen and oxygen atoms in total. The van der Waals surface area contributed by atoms with Gasteiger partial charge in [0.1, 0.15) is 24.7 Å². The average molecular weight is 593 g/mol. The number of imide groups is 1. The summed E-state index contributed by atoms with van der Waals surface area (Å²) < 4.78 is 11.3. The van der Waals surface area contributed by atoms with Gasteiger partial charge in [0, 0.05) is 16.3 Å². The highest BCUT2D eigenvalue weighted by Gasteiger charge is 2.36. The molecule has 0 aliphatic carbocycles. The van der Waals surface area contributed by atoms with Gasteiger partial charge in [-0.3, -0.25) is 19.3 Å². The van der Waals surface area contributed by atoms with Crippen LogP contribution in [0.2, 0.25) is 10.0 Å². The second-order valence-corrected chi connectivity index (χ2v) is 10.6. The summed E-state index contributed by atoms with van der Waals surface area (Å²) in [5.41, 5.74) is 2.00. The van der Waals surface area contributed by atoms with Crippen molar-refractivity contribution in [1.82, 2.24) is 4.90 Å². The molecule has 202 valence electrons. The van der Waals surface area contributed by atoms with E-state index in [0.29, 0.717) is 32.8 Å². The summed E-state index contributed by atoms with van der Waals surface area (Å²) in [7, 11) is 1.49. The van der Waals surface area contributed by atoms with Gasteiger partial charge in [0.25, 0.3) is 11.1 Å². The van der Waals surface area contributed by atoms with Crippen LogP contribution < -0.4 is 14.8 Å². The molecule has 0 radical (unpaired) electrons. The van der Waals surface area contributed by atoms with Crippen molar-refractivity contribution in [3.8, 4) is 11.5 Å². The number of halogens is 2. The van der Waals surface area contributed by atoms with Gasteiger partial charge >= 0.3 is 0 Å². The summed E-state index contributed by atoms with van der Waals surface area (Å²) in [6.45, 7) is -0.158. The fourth-order valence-corrected chi connectivity index (χ4v) is 5.35. The van der Waals surface area contributed by atoms with Gasteiger partial charge < -0.3 is 14.8 Å². The highest BCUT2D eigenvalue weighted by molar-refractivity contribution is 8.18. The van der Waals surface area contributed by atoms with Crippen molar-refractivity contribution in [3.05, 3.63) is 105 Å². The van der Waals surface area contributed by atoms with Gasteiger partial charge in [-0.25, -0.2) is 0 Å². The lowest BCUT2D eigenvalue weighted by Crippen LogP contribution is -2.36. The third-order valence-corrected chi connectivity index (χ3v) is 7.58. The minimum atomic E-state index is -0.561. The van der Waals surface area contributed by atoms with Gasteiger partial charge in [-0.05, 0) is 70.6 Å². The SMILES string of the molecule is COc1ccc(NC(=O)CN2C(=O)S/C(=C/c3c(OCc4ccc(Cl)cc4)ccc4ccccc34)C2=O)cc1Cl. The number of fused-ring (bicyclic) bond motifs is 1. The Morgan fingerprint density at radius 1 is 0.975 bits per heavy atom. The topological polar surface area (TPSA) is 84.9 Å². The van der Waals surface area contributed by atoms with Crippen LogP contribution in [0.1, 0.15) is 11.1 Å². The second kappa shape index (κ2) is 12.0. The molecular weight excluding hydrogens is 571 g/mol. The number of ether oxygens (including phenoxy) is 2. The van der Waals surface area contributed by atoms with E-state index in [9.17, 15) is 14.4 Å². The molecule has 0 unspecified atom stereocenters. The number of carbonyl (C=O) groups excluding carboxylic acids is 3. The van der Waals surface area contributed by atoms with Crippen LogP contribution in [-0.4, -0.2) is 35.6 Å². The van der Waals surface area contributed by atoms with E-state index < -0.39 is 23.6 Å². The Bertz CT molecular complexity index is 1660. The van der Waals surface area contributed by atoms with E-state index in [1.807, 2.05) is 48.5 Å². The van der Waals surface area contributed by atoms with Crippen LogP contribution in [-0.2, 0) is 16.2 Å². The molecule has 3 amide bonds. The average Bonchev–Trinajstić information content (AvgIpc) is 3.20. The third kappa shape index (κ3) is 6.09. The number of benzene rings is 4. The first-order valence-corrected chi connectivity index (χ1v) is 13.7. The van der Waals surface area contributed by atoms with E-state index in [0.717, 1.165) is 33.0 Å². The van der Waals surface area contributed by atoms with E-state index in [1.165, 1.54) is 13.2 Å². The molecule has 5 rings (SSSR count). The van der Waals surface area contributed by atoms with E-state index in [1.54, 1.807) is 30.3 Å². The number of rotatable bonds is 8. The molecule has 1 aliphatic heterocycles. The maximum atomic E-state index is 13.2. The Morgan fingerprint density at radius 2 is 1.73 bits per heavy atom. The summed E-state index contributed by atoms with van der Waals surface area (Å²) in [5, 5.41) is 4.87. The van der Waals surface area contributed by atoms with Crippen LogP contribution in [0.25, 0.3) is 16.8 Å². The lowest BCUT2D eigenvalue weighted by atomic mass is 10.0. The highest BCUT2D eigenvalue weighted by atomic mass is 35.5. The number of amides is 3. The van der Waals surface area contributed by atoms with Gasteiger partial charge in [-0.15, -0.1) is 0 Å². The van der Waals surface area contributed by atoms with Crippen molar-refractivity contribution in [3.63, 3.8) is 0 Å². The zero-order valence-corrected chi connectivity index (χ0v) is 23.5. The monoisotopic (exact) mass is 592 g/mol. The van der Waals surface area contributed by atoms with Crippen molar-refractivity contribution in [1.29, 1.82) is 0 Å². The lowest BCUT2D eigenvalue weighted by molar-refractivity contribution is -0.127. The van der Waals surface area contributed by atoms with Gasteiger partial charge in [-0.1, -0.05) is 65.7 Å². The van der Waals surface area contributed by atoms with Crippen molar-refractivity contribution in [2.45, 2.75) is 6.61 Å². The molecular formula is C30H22Cl2N2O5S. The summed E-state index contributed by atoms with van der Waals surface area (Å²) in [6.07, 6.45) is 1.64. The Hall–Kier alpha value is -3.98. The first kappa shape index (κ1) is 27.6. The molecule has 0 aromatic heterocycles. The number of anilines is 1. The van der Waals surface area contributed by atoms with Crippen LogP contribution in [0, 0.1) is 0 Å². The minimum Gasteiger partial charge on any atom is -0.495 e. The quantitative estimate of drug-likeness (QED) is 0.214. The summed E-state index contributed by atoms with van der Waals surface area (Å²) >= 11 is 12.9. The van der Waals surface area contributed by atoms with E-state index in [-0.39, 0.29) is 11.5 Å². The predicted octanol–water partition coefficient (Wildman–Crippen LogP) is 7.41. The van der Waals surface area contributed by atoms with Crippen molar-refractivity contribution in [2.24, 2.45) is 0 Å². The Labute approximate surface area is 244 Å². The number of carbonyl (C=O) groups is 3. The minimum absolute atomic E-state index is 0.193. The Kier molecular flexibility index (Phi) is 8.30. The number of hydrogen-bond acceptors (Lipinski definition) is 6. The number of nitrogens with one attached hydrogen (secondary N) is 1. The Morgan fingerprint density at radius 3 is 2.48 bits per heavy atom. The van der Waals surface area contributed by atoms with E-state index in [2.05, 4.69) is 5.32 Å². The Balaban J connectivity index is 1.37. The molecule has 1 heterocycles. The van der Waals surface area contributed by atoms with Crippen LogP contribution >= 0.6 is 35.0 Å². The van der Waals surface area contributed by atoms with E-state index in [4.69, 9.17) is 32.7 Å². The molecule has 1 aliphatic rings. The maximum Gasteiger partial charge on any atom is 0.294 e. The van der Waals surface area contributed by atoms with Crippen molar-refractivity contribution >= 4 is 74.6 Å².